The Morgan fingerprint density at radius 2 is 1.58 bits per heavy atom. The van der Waals surface area contributed by atoms with E-state index in [2.05, 4.69) is 4.98 Å². The summed E-state index contributed by atoms with van der Waals surface area (Å²) in [6.45, 7) is 5.32. The average Bonchev–Trinajstić information content (AvgIpc) is 3.04. The van der Waals surface area contributed by atoms with Gasteiger partial charge < -0.3 is 4.90 Å². The molecule has 0 atom stereocenters. The minimum absolute atomic E-state index is 0.153. The van der Waals surface area contributed by atoms with Gasteiger partial charge >= 0.3 is 0 Å². The number of imide groups is 1. The standard InChI is InChI=1S/C26H25N3O2/c1-3-28(17-20-9-5-4-6-10-20)24-23(21-14-12-19(2)13-15-21)25(30)29(26(24)31)18-22-11-7-8-16-27-22/h4-16H,3,17-18H2,1-2H3. The van der Waals surface area contributed by atoms with E-state index in [0.29, 0.717) is 30.1 Å². The number of hydrogen-bond acceptors (Lipinski definition) is 4. The molecule has 0 bridgehead atoms. The first kappa shape index (κ1) is 20.5. The first-order valence-electron chi connectivity index (χ1n) is 10.4. The third-order valence-corrected chi connectivity index (χ3v) is 5.44. The van der Waals surface area contributed by atoms with Crippen molar-refractivity contribution in [3.63, 3.8) is 0 Å². The molecular formula is C26H25N3O2. The van der Waals surface area contributed by atoms with Crippen molar-refractivity contribution in [2.75, 3.05) is 6.54 Å². The van der Waals surface area contributed by atoms with Crippen LogP contribution in [0.5, 0.6) is 0 Å². The number of pyridine rings is 1. The second-order valence-electron chi connectivity index (χ2n) is 7.61. The molecule has 0 spiro atoms. The second kappa shape index (κ2) is 8.96. The molecule has 0 aliphatic carbocycles. The maximum absolute atomic E-state index is 13.5. The van der Waals surface area contributed by atoms with Crippen molar-refractivity contribution >= 4 is 17.4 Å². The summed E-state index contributed by atoms with van der Waals surface area (Å²) in [5, 5.41) is 0. The van der Waals surface area contributed by atoms with E-state index in [4.69, 9.17) is 0 Å². The molecule has 4 rings (SSSR count). The number of nitrogens with zero attached hydrogens (tertiary/aromatic N) is 3. The summed E-state index contributed by atoms with van der Waals surface area (Å²) in [4.78, 5) is 34.6. The van der Waals surface area contributed by atoms with Crippen molar-refractivity contribution in [1.29, 1.82) is 0 Å². The molecule has 1 aliphatic rings. The molecule has 0 N–H and O–H groups in total. The van der Waals surface area contributed by atoms with Gasteiger partial charge in [0.15, 0.2) is 0 Å². The van der Waals surface area contributed by atoms with Gasteiger partial charge in [-0.3, -0.25) is 19.5 Å². The van der Waals surface area contributed by atoms with Crippen LogP contribution in [0.3, 0.4) is 0 Å². The smallest absolute Gasteiger partial charge is 0.278 e. The van der Waals surface area contributed by atoms with Gasteiger partial charge in [0.2, 0.25) is 0 Å². The van der Waals surface area contributed by atoms with Gasteiger partial charge in [0.05, 0.1) is 17.8 Å². The highest BCUT2D eigenvalue weighted by molar-refractivity contribution is 6.35. The van der Waals surface area contributed by atoms with Gasteiger partial charge in [-0.15, -0.1) is 0 Å². The Labute approximate surface area is 182 Å². The van der Waals surface area contributed by atoms with Crippen molar-refractivity contribution < 1.29 is 9.59 Å². The van der Waals surface area contributed by atoms with Gasteiger partial charge in [-0.25, -0.2) is 0 Å². The molecule has 0 radical (unpaired) electrons. The Morgan fingerprint density at radius 1 is 0.871 bits per heavy atom. The molecule has 0 fully saturated rings. The lowest BCUT2D eigenvalue weighted by Crippen LogP contribution is -2.35. The zero-order valence-electron chi connectivity index (χ0n) is 17.8. The van der Waals surface area contributed by atoms with Crippen LogP contribution in [-0.2, 0) is 22.7 Å². The molecule has 0 unspecified atom stereocenters. The van der Waals surface area contributed by atoms with Gasteiger partial charge in [0, 0.05) is 19.3 Å². The number of benzene rings is 2. The van der Waals surface area contributed by atoms with Gasteiger partial charge in [-0.2, -0.15) is 0 Å². The monoisotopic (exact) mass is 411 g/mol. The quantitative estimate of drug-likeness (QED) is 0.547. The molecular weight excluding hydrogens is 386 g/mol. The molecule has 5 nitrogen and oxygen atoms in total. The largest absolute Gasteiger partial charge is 0.362 e. The Bertz CT molecular complexity index is 1110. The summed E-state index contributed by atoms with van der Waals surface area (Å²) in [5.41, 5.74) is 4.54. The average molecular weight is 412 g/mol. The van der Waals surface area contributed by atoms with E-state index in [1.54, 1.807) is 6.20 Å². The number of rotatable bonds is 7. The zero-order valence-corrected chi connectivity index (χ0v) is 17.8. The second-order valence-corrected chi connectivity index (χ2v) is 7.61. The molecule has 31 heavy (non-hydrogen) atoms. The summed E-state index contributed by atoms with van der Waals surface area (Å²) >= 11 is 0. The lowest BCUT2D eigenvalue weighted by Gasteiger charge is -2.25. The Morgan fingerprint density at radius 3 is 2.23 bits per heavy atom. The Hall–Kier alpha value is -3.73. The lowest BCUT2D eigenvalue weighted by molar-refractivity contribution is -0.138. The predicted octanol–water partition coefficient (Wildman–Crippen LogP) is 4.19. The van der Waals surface area contributed by atoms with Crippen LogP contribution < -0.4 is 0 Å². The minimum Gasteiger partial charge on any atom is -0.362 e. The van der Waals surface area contributed by atoms with Crippen molar-refractivity contribution in [2.24, 2.45) is 0 Å². The van der Waals surface area contributed by atoms with Crippen molar-refractivity contribution in [3.05, 3.63) is 107 Å². The van der Waals surface area contributed by atoms with Crippen LogP contribution in [0.1, 0.15) is 29.3 Å². The van der Waals surface area contributed by atoms with Crippen molar-refractivity contribution in [1.82, 2.24) is 14.8 Å². The maximum Gasteiger partial charge on any atom is 0.278 e. The van der Waals surface area contributed by atoms with E-state index in [1.807, 2.05) is 91.5 Å². The molecule has 156 valence electrons. The van der Waals surface area contributed by atoms with Gasteiger partial charge in [-0.1, -0.05) is 66.2 Å². The van der Waals surface area contributed by atoms with Gasteiger partial charge in [0.1, 0.15) is 5.70 Å². The molecule has 2 heterocycles. The molecule has 2 amide bonds. The van der Waals surface area contributed by atoms with E-state index in [1.165, 1.54) is 4.90 Å². The molecule has 1 aromatic heterocycles. The fraction of sp³-hybridized carbons (Fsp3) is 0.192. The highest BCUT2D eigenvalue weighted by atomic mass is 16.2. The predicted molar refractivity (Wildman–Crippen MR) is 120 cm³/mol. The van der Waals surface area contributed by atoms with Crippen LogP contribution in [0, 0.1) is 6.92 Å². The van der Waals surface area contributed by atoms with Crippen LogP contribution in [0.2, 0.25) is 0 Å². The highest BCUT2D eigenvalue weighted by Crippen LogP contribution is 2.33. The summed E-state index contributed by atoms with van der Waals surface area (Å²) < 4.78 is 0. The molecule has 1 aliphatic heterocycles. The normalized spacial score (nSPS) is 13.8. The van der Waals surface area contributed by atoms with Crippen LogP contribution in [0.25, 0.3) is 5.57 Å². The molecule has 3 aromatic rings. The SMILES string of the molecule is CCN(Cc1ccccc1)C1=C(c2ccc(C)cc2)C(=O)N(Cc2ccccn2)C1=O. The number of carbonyl (C=O) groups excluding carboxylic acids is 2. The van der Waals surface area contributed by atoms with E-state index < -0.39 is 0 Å². The van der Waals surface area contributed by atoms with E-state index in [9.17, 15) is 9.59 Å². The number of carbonyl (C=O) groups is 2. The zero-order chi connectivity index (χ0) is 21.8. The van der Waals surface area contributed by atoms with Gasteiger partial charge in [0.25, 0.3) is 11.8 Å². The first-order valence-corrected chi connectivity index (χ1v) is 10.4. The van der Waals surface area contributed by atoms with E-state index in [-0.39, 0.29) is 18.4 Å². The molecule has 5 heteroatoms. The summed E-state index contributed by atoms with van der Waals surface area (Å²) in [5.74, 6) is -0.551. The number of aryl methyl sites for hydroxylation is 1. The van der Waals surface area contributed by atoms with Crippen molar-refractivity contribution in [2.45, 2.75) is 26.9 Å². The van der Waals surface area contributed by atoms with E-state index >= 15 is 0 Å². The maximum atomic E-state index is 13.5. The fourth-order valence-electron chi connectivity index (χ4n) is 3.79. The fourth-order valence-corrected chi connectivity index (χ4v) is 3.79. The van der Waals surface area contributed by atoms with Crippen LogP contribution in [-0.4, -0.2) is 33.1 Å². The number of likely N-dealkylation sites (N-methyl/N-ethyl adjacent to an activating group) is 1. The third kappa shape index (κ3) is 4.26. The first-order chi connectivity index (χ1) is 15.1. The Balaban J connectivity index is 1.76. The van der Waals surface area contributed by atoms with Gasteiger partial charge in [-0.05, 0) is 37.1 Å². The lowest BCUT2D eigenvalue weighted by atomic mass is 10.0. The van der Waals surface area contributed by atoms with Crippen LogP contribution in [0.4, 0.5) is 0 Å². The topological polar surface area (TPSA) is 53.5 Å². The van der Waals surface area contributed by atoms with Crippen LogP contribution >= 0.6 is 0 Å². The number of amides is 2. The summed E-state index contributed by atoms with van der Waals surface area (Å²) in [7, 11) is 0. The minimum atomic E-state index is -0.277. The summed E-state index contributed by atoms with van der Waals surface area (Å²) in [6, 6.07) is 23.2. The third-order valence-electron chi connectivity index (χ3n) is 5.44. The molecule has 2 aromatic carbocycles. The Kier molecular flexibility index (Phi) is 5.94. The van der Waals surface area contributed by atoms with Crippen LogP contribution in [0.15, 0.2) is 84.7 Å². The summed E-state index contributed by atoms with van der Waals surface area (Å²) in [6.07, 6.45) is 1.67. The molecule has 0 saturated heterocycles. The highest BCUT2D eigenvalue weighted by Gasteiger charge is 2.41. The number of aromatic nitrogens is 1. The molecule has 0 saturated carbocycles. The van der Waals surface area contributed by atoms with E-state index in [0.717, 1.165) is 16.7 Å². The van der Waals surface area contributed by atoms with Crippen molar-refractivity contribution in [3.8, 4) is 0 Å². The number of hydrogen-bond donors (Lipinski definition) is 0.